The number of likely N-dealkylation sites (N-methyl/N-ethyl adjacent to an activating group) is 1. The number of amides is 2. The van der Waals surface area contributed by atoms with Gasteiger partial charge in [0, 0.05) is 25.0 Å². The molecule has 0 spiro atoms. The lowest BCUT2D eigenvalue weighted by molar-refractivity contribution is -0.142. The van der Waals surface area contributed by atoms with Crippen molar-refractivity contribution < 1.29 is 19.1 Å². The van der Waals surface area contributed by atoms with Crippen LogP contribution in [0.2, 0.25) is 5.02 Å². The largest absolute Gasteiger partial charge is 0.497 e. The molecule has 3 rings (SSSR count). The van der Waals surface area contributed by atoms with Crippen molar-refractivity contribution in [3.63, 3.8) is 0 Å². The van der Waals surface area contributed by atoms with E-state index in [1.54, 1.807) is 37.3 Å². The predicted molar refractivity (Wildman–Crippen MR) is 133 cm³/mol. The van der Waals surface area contributed by atoms with Crippen LogP contribution in [0.1, 0.15) is 16.7 Å². The topological polar surface area (TPSA) is 67.9 Å². The molecule has 6 nitrogen and oxygen atoms in total. The van der Waals surface area contributed by atoms with Crippen molar-refractivity contribution in [2.24, 2.45) is 0 Å². The third kappa shape index (κ3) is 6.75. The normalized spacial score (nSPS) is 11.4. The van der Waals surface area contributed by atoms with E-state index in [1.165, 1.54) is 0 Å². The van der Waals surface area contributed by atoms with E-state index >= 15 is 0 Å². The molecule has 0 radical (unpaired) electrons. The summed E-state index contributed by atoms with van der Waals surface area (Å²) in [5.74, 6) is 0.663. The van der Waals surface area contributed by atoms with E-state index in [0.717, 1.165) is 16.7 Å². The van der Waals surface area contributed by atoms with Gasteiger partial charge in [0.15, 0.2) is 6.61 Å². The minimum atomic E-state index is -0.721. The summed E-state index contributed by atoms with van der Waals surface area (Å²) in [5.41, 5.74) is 2.65. The Labute approximate surface area is 205 Å². The van der Waals surface area contributed by atoms with E-state index < -0.39 is 6.04 Å². The SMILES string of the molecule is CNC(=O)[C@H](Cc1ccccc1)N(Cc1cccc(OC)c1)C(=O)COc1ccc(Cl)c(C)c1. The third-order valence-corrected chi connectivity index (χ3v) is 5.92. The lowest BCUT2D eigenvalue weighted by Crippen LogP contribution is -2.51. The van der Waals surface area contributed by atoms with E-state index in [4.69, 9.17) is 21.1 Å². The highest BCUT2D eigenvalue weighted by Crippen LogP contribution is 2.22. The number of halogens is 1. The van der Waals surface area contributed by atoms with Crippen LogP contribution in [0.4, 0.5) is 0 Å². The van der Waals surface area contributed by atoms with E-state index in [1.807, 2.05) is 61.5 Å². The van der Waals surface area contributed by atoms with Crippen molar-refractivity contribution in [2.45, 2.75) is 25.9 Å². The zero-order valence-corrected chi connectivity index (χ0v) is 20.3. The summed E-state index contributed by atoms with van der Waals surface area (Å²) in [5, 5.41) is 3.33. The van der Waals surface area contributed by atoms with Gasteiger partial charge in [-0.2, -0.15) is 0 Å². The molecule has 0 saturated heterocycles. The van der Waals surface area contributed by atoms with Crippen LogP contribution in [0.3, 0.4) is 0 Å². The van der Waals surface area contributed by atoms with Crippen molar-refractivity contribution in [1.29, 1.82) is 0 Å². The Morgan fingerprint density at radius 1 is 0.971 bits per heavy atom. The van der Waals surface area contributed by atoms with Crippen molar-refractivity contribution >= 4 is 23.4 Å². The van der Waals surface area contributed by atoms with Crippen LogP contribution in [0.15, 0.2) is 72.8 Å². The molecule has 0 heterocycles. The van der Waals surface area contributed by atoms with Gasteiger partial charge < -0.3 is 19.7 Å². The van der Waals surface area contributed by atoms with E-state index in [0.29, 0.717) is 22.9 Å². The molecule has 0 bridgehead atoms. The van der Waals surface area contributed by atoms with Crippen LogP contribution < -0.4 is 14.8 Å². The molecule has 3 aromatic rings. The second-order valence-electron chi connectivity index (χ2n) is 7.89. The molecule has 1 N–H and O–H groups in total. The molecule has 1 atom stereocenters. The fourth-order valence-corrected chi connectivity index (χ4v) is 3.74. The molecule has 3 aromatic carbocycles. The number of nitrogens with one attached hydrogen (secondary N) is 1. The molecule has 7 heteroatoms. The molecular weight excluding hydrogens is 452 g/mol. The number of benzene rings is 3. The smallest absolute Gasteiger partial charge is 0.261 e. The molecule has 0 saturated carbocycles. The Bertz CT molecular complexity index is 1120. The van der Waals surface area contributed by atoms with Gasteiger partial charge in [-0.1, -0.05) is 54.1 Å². The first-order valence-electron chi connectivity index (χ1n) is 11.0. The first-order chi connectivity index (χ1) is 16.4. The standard InChI is InChI=1S/C27H29ClN2O4/c1-19-14-23(12-13-24(19)28)34-18-26(31)30(17-21-10-7-11-22(15-21)33-3)25(27(32)29-2)16-20-8-5-4-6-9-20/h4-15,25H,16-18H2,1-3H3,(H,29,32)/t25-/m0/s1. The molecule has 0 fully saturated rings. The average Bonchev–Trinajstić information content (AvgIpc) is 2.86. The summed E-state index contributed by atoms with van der Waals surface area (Å²) < 4.78 is 11.1. The molecule has 0 aliphatic carbocycles. The lowest BCUT2D eigenvalue weighted by atomic mass is 10.0. The van der Waals surface area contributed by atoms with Crippen LogP contribution in [-0.2, 0) is 22.6 Å². The maximum atomic E-state index is 13.4. The molecule has 178 valence electrons. The number of methoxy groups -OCH3 is 1. The number of carbonyl (C=O) groups excluding carboxylic acids is 2. The molecule has 0 aliphatic heterocycles. The summed E-state index contributed by atoms with van der Waals surface area (Å²) in [4.78, 5) is 27.9. The predicted octanol–water partition coefficient (Wildman–Crippen LogP) is 4.42. The second kappa shape index (κ2) is 12.1. The quantitative estimate of drug-likeness (QED) is 0.466. The number of aryl methyl sites for hydroxylation is 1. The van der Waals surface area contributed by atoms with Crippen LogP contribution in [-0.4, -0.2) is 43.5 Å². The summed E-state index contributed by atoms with van der Waals surface area (Å²) in [7, 11) is 3.16. The van der Waals surface area contributed by atoms with Crippen LogP contribution in [0.5, 0.6) is 11.5 Å². The third-order valence-electron chi connectivity index (χ3n) is 5.50. The van der Waals surface area contributed by atoms with Crippen LogP contribution >= 0.6 is 11.6 Å². The zero-order valence-electron chi connectivity index (χ0n) is 19.6. The number of ether oxygens (including phenoxy) is 2. The Kier molecular flexibility index (Phi) is 8.93. The number of carbonyl (C=O) groups is 2. The number of hydrogen-bond donors (Lipinski definition) is 1. The molecule has 34 heavy (non-hydrogen) atoms. The van der Waals surface area contributed by atoms with E-state index in [-0.39, 0.29) is 25.0 Å². The first kappa shape index (κ1) is 25.1. The van der Waals surface area contributed by atoms with Crippen molar-refractivity contribution in [3.8, 4) is 11.5 Å². The molecule has 0 unspecified atom stereocenters. The maximum absolute atomic E-state index is 13.4. The van der Waals surface area contributed by atoms with Gasteiger partial charge in [-0.15, -0.1) is 0 Å². The van der Waals surface area contributed by atoms with E-state index in [9.17, 15) is 9.59 Å². The Hall–Kier alpha value is -3.51. The number of rotatable bonds is 10. The van der Waals surface area contributed by atoms with Gasteiger partial charge in [0.2, 0.25) is 5.91 Å². The summed E-state index contributed by atoms with van der Waals surface area (Å²) in [6.07, 6.45) is 0.371. The Balaban J connectivity index is 1.88. The fourth-order valence-electron chi connectivity index (χ4n) is 3.62. The summed E-state index contributed by atoms with van der Waals surface area (Å²) in [6, 6.07) is 21.6. The highest BCUT2D eigenvalue weighted by molar-refractivity contribution is 6.31. The average molecular weight is 481 g/mol. The monoisotopic (exact) mass is 480 g/mol. The number of nitrogens with zero attached hydrogens (tertiary/aromatic N) is 1. The zero-order chi connectivity index (χ0) is 24.5. The molecule has 0 aromatic heterocycles. The fraction of sp³-hybridized carbons (Fsp3) is 0.259. The van der Waals surface area contributed by atoms with Gasteiger partial charge in [-0.3, -0.25) is 9.59 Å². The first-order valence-corrected chi connectivity index (χ1v) is 11.4. The number of hydrogen-bond acceptors (Lipinski definition) is 4. The van der Waals surface area contributed by atoms with E-state index in [2.05, 4.69) is 5.32 Å². The lowest BCUT2D eigenvalue weighted by Gasteiger charge is -2.31. The Morgan fingerprint density at radius 3 is 2.38 bits per heavy atom. The van der Waals surface area contributed by atoms with Crippen LogP contribution in [0, 0.1) is 6.92 Å². The van der Waals surface area contributed by atoms with Crippen molar-refractivity contribution in [2.75, 3.05) is 20.8 Å². The van der Waals surface area contributed by atoms with Gasteiger partial charge in [0.05, 0.1) is 7.11 Å². The maximum Gasteiger partial charge on any atom is 0.261 e. The van der Waals surface area contributed by atoms with Crippen molar-refractivity contribution in [3.05, 3.63) is 94.5 Å². The summed E-state index contributed by atoms with van der Waals surface area (Å²) >= 11 is 6.09. The molecule has 2 amide bonds. The molecule has 0 aliphatic rings. The Morgan fingerprint density at radius 2 is 1.71 bits per heavy atom. The van der Waals surface area contributed by atoms with Crippen molar-refractivity contribution in [1.82, 2.24) is 10.2 Å². The highest BCUT2D eigenvalue weighted by Gasteiger charge is 2.30. The second-order valence-corrected chi connectivity index (χ2v) is 8.30. The highest BCUT2D eigenvalue weighted by atomic mass is 35.5. The van der Waals surface area contributed by atoms with Gasteiger partial charge in [0.1, 0.15) is 17.5 Å². The van der Waals surface area contributed by atoms with Gasteiger partial charge in [-0.05, 0) is 53.9 Å². The molecular formula is C27H29ClN2O4. The van der Waals surface area contributed by atoms with Crippen LogP contribution in [0.25, 0.3) is 0 Å². The van der Waals surface area contributed by atoms with Gasteiger partial charge in [-0.25, -0.2) is 0 Å². The van der Waals surface area contributed by atoms with Gasteiger partial charge in [0.25, 0.3) is 5.91 Å². The summed E-state index contributed by atoms with van der Waals surface area (Å²) in [6.45, 7) is 1.88. The van der Waals surface area contributed by atoms with Gasteiger partial charge >= 0.3 is 0 Å². The minimum Gasteiger partial charge on any atom is -0.497 e. The minimum absolute atomic E-state index is 0.215.